The normalized spacial score (nSPS) is 12.4. The van der Waals surface area contributed by atoms with E-state index in [-0.39, 0.29) is 11.9 Å². The largest absolute Gasteiger partial charge is 0.327 e. The zero-order valence-electron chi connectivity index (χ0n) is 10.8. The monoisotopic (exact) mass is 276 g/mol. The third kappa shape index (κ3) is 4.04. The van der Waals surface area contributed by atoms with Crippen LogP contribution in [0.1, 0.15) is 18.9 Å². The van der Waals surface area contributed by atoms with Gasteiger partial charge in [-0.25, -0.2) is 4.39 Å². The molecule has 0 fully saturated rings. The molecule has 1 heterocycles. The molecule has 0 saturated heterocycles. The van der Waals surface area contributed by atoms with Crippen molar-refractivity contribution in [3.8, 4) is 0 Å². The Balaban J connectivity index is 2.24. The Bertz CT molecular complexity index is 531. The van der Waals surface area contributed by atoms with E-state index in [9.17, 15) is 4.39 Å². The summed E-state index contributed by atoms with van der Waals surface area (Å²) in [5.74, 6) is -0.211. The second-order valence-corrected chi connectivity index (χ2v) is 5.52. The fraction of sp³-hybridized carbons (Fsp3) is 0.267. The van der Waals surface area contributed by atoms with E-state index < -0.39 is 0 Å². The van der Waals surface area contributed by atoms with Crippen LogP contribution in [0.4, 0.5) is 4.39 Å². The maximum Gasteiger partial charge on any atom is 0.123 e. The molecule has 100 valence electrons. The Morgan fingerprint density at radius 2 is 2.00 bits per heavy atom. The highest BCUT2D eigenvalue weighted by molar-refractivity contribution is 7.99. The first-order valence-corrected chi connectivity index (χ1v) is 7.12. The molecule has 2 nitrogen and oxygen atoms in total. The SMILES string of the molecule is CCC(N)Cc1cc(F)ccc1Sc1ccncc1. The van der Waals surface area contributed by atoms with Gasteiger partial charge in [0.05, 0.1) is 0 Å². The molecule has 2 aromatic rings. The molecule has 0 amide bonds. The van der Waals surface area contributed by atoms with E-state index in [2.05, 4.69) is 4.98 Å². The minimum Gasteiger partial charge on any atom is -0.327 e. The lowest BCUT2D eigenvalue weighted by Gasteiger charge is -2.13. The molecule has 0 aliphatic heterocycles. The molecule has 0 saturated carbocycles. The zero-order valence-corrected chi connectivity index (χ0v) is 11.7. The molecular formula is C15H17FN2S. The van der Waals surface area contributed by atoms with Crippen LogP contribution in [0.5, 0.6) is 0 Å². The summed E-state index contributed by atoms with van der Waals surface area (Å²) in [5.41, 5.74) is 6.94. The molecule has 1 unspecified atom stereocenters. The standard InChI is InChI=1S/C15H17FN2S/c1-2-13(17)10-11-9-12(16)3-4-15(11)19-14-5-7-18-8-6-14/h3-9,13H,2,10,17H2,1H3. The smallest absolute Gasteiger partial charge is 0.123 e. The van der Waals surface area contributed by atoms with Gasteiger partial charge in [-0.2, -0.15) is 0 Å². The van der Waals surface area contributed by atoms with Gasteiger partial charge in [-0.15, -0.1) is 0 Å². The van der Waals surface area contributed by atoms with Crippen molar-refractivity contribution in [3.05, 3.63) is 54.1 Å². The molecule has 2 rings (SSSR count). The quantitative estimate of drug-likeness (QED) is 0.906. The van der Waals surface area contributed by atoms with E-state index in [0.717, 1.165) is 21.8 Å². The summed E-state index contributed by atoms with van der Waals surface area (Å²) in [5, 5.41) is 0. The molecule has 0 radical (unpaired) electrons. The summed E-state index contributed by atoms with van der Waals surface area (Å²) in [6.07, 6.45) is 5.09. The van der Waals surface area contributed by atoms with Crippen LogP contribution >= 0.6 is 11.8 Å². The van der Waals surface area contributed by atoms with Gasteiger partial charge in [-0.1, -0.05) is 18.7 Å². The lowest BCUT2D eigenvalue weighted by atomic mass is 10.0. The number of halogens is 1. The average Bonchev–Trinajstić information content (AvgIpc) is 2.43. The number of pyridine rings is 1. The van der Waals surface area contributed by atoms with Crippen LogP contribution in [-0.4, -0.2) is 11.0 Å². The molecule has 19 heavy (non-hydrogen) atoms. The summed E-state index contributed by atoms with van der Waals surface area (Å²) in [4.78, 5) is 6.13. The maximum absolute atomic E-state index is 13.4. The number of benzene rings is 1. The summed E-state index contributed by atoms with van der Waals surface area (Å²) in [7, 11) is 0. The van der Waals surface area contributed by atoms with Crippen molar-refractivity contribution in [2.24, 2.45) is 5.73 Å². The second-order valence-electron chi connectivity index (χ2n) is 4.41. The highest BCUT2D eigenvalue weighted by Gasteiger charge is 2.09. The Hall–Kier alpha value is -1.39. The Labute approximate surface area is 117 Å². The van der Waals surface area contributed by atoms with Crippen LogP contribution in [0.15, 0.2) is 52.5 Å². The first-order chi connectivity index (χ1) is 9.19. The van der Waals surface area contributed by atoms with Crippen LogP contribution in [0.2, 0.25) is 0 Å². The van der Waals surface area contributed by atoms with Gasteiger partial charge in [-0.3, -0.25) is 4.98 Å². The van der Waals surface area contributed by atoms with Crippen molar-refractivity contribution < 1.29 is 4.39 Å². The summed E-state index contributed by atoms with van der Waals surface area (Å²) >= 11 is 1.61. The summed E-state index contributed by atoms with van der Waals surface area (Å²) in [6, 6.07) is 8.84. The Morgan fingerprint density at radius 1 is 1.26 bits per heavy atom. The highest BCUT2D eigenvalue weighted by atomic mass is 32.2. The zero-order chi connectivity index (χ0) is 13.7. The third-order valence-electron chi connectivity index (χ3n) is 2.91. The van der Waals surface area contributed by atoms with E-state index in [1.807, 2.05) is 25.1 Å². The van der Waals surface area contributed by atoms with Crippen molar-refractivity contribution >= 4 is 11.8 Å². The maximum atomic E-state index is 13.4. The molecule has 1 atom stereocenters. The summed E-state index contributed by atoms with van der Waals surface area (Å²) in [6.45, 7) is 2.04. The van der Waals surface area contributed by atoms with Crippen LogP contribution in [0, 0.1) is 5.82 Å². The number of aromatic nitrogens is 1. The van der Waals surface area contributed by atoms with E-state index in [1.165, 1.54) is 6.07 Å². The number of rotatable bonds is 5. The lowest BCUT2D eigenvalue weighted by Crippen LogP contribution is -2.21. The van der Waals surface area contributed by atoms with Crippen molar-refractivity contribution in [1.29, 1.82) is 0 Å². The molecule has 2 N–H and O–H groups in total. The van der Waals surface area contributed by atoms with Crippen LogP contribution < -0.4 is 5.73 Å². The Kier molecular flexibility index (Phi) is 4.93. The predicted octanol–water partition coefficient (Wildman–Crippen LogP) is 3.65. The fourth-order valence-electron chi connectivity index (χ4n) is 1.77. The van der Waals surface area contributed by atoms with Gasteiger partial charge in [-0.05, 0) is 48.7 Å². The van der Waals surface area contributed by atoms with Gasteiger partial charge in [0, 0.05) is 28.2 Å². The minimum absolute atomic E-state index is 0.0681. The van der Waals surface area contributed by atoms with Crippen molar-refractivity contribution in [3.63, 3.8) is 0 Å². The van der Waals surface area contributed by atoms with E-state index in [4.69, 9.17) is 5.73 Å². The molecular weight excluding hydrogens is 259 g/mol. The first kappa shape index (κ1) is 14.0. The fourth-order valence-corrected chi connectivity index (χ4v) is 2.69. The number of hydrogen-bond acceptors (Lipinski definition) is 3. The molecule has 0 aliphatic carbocycles. The molecule has 4 heteroatoms. The minimum atomic E-state index is -0.211. The number of nitrogens with two attached hydrogens (primary N) is 1. The van der Waals surface area contributed by atoms with E-state index in [1.54, 1.807) is 30.2 Å². The highest BCUT2D eigenvalue weighted by Crippen LogP contribution is 2.31. The Morgan fingerprint density at radius 3 is 2.68 bits per heavy atom. The van der Waals surface area contributed by atoms with E-state index in [0.29, 0.717) is 6.42 Å². The topological polar surface area (TPSA) is 38.9 Å². The third-order valence-corrected chi connectivity index (χ3v) is 4.03. The van der Waals surface area contributed by atoms with Gasteiger partial charge in [0.25, 0.3) is 0 Å². The van der Waals surface area contributed by atoms with Crippen molar-refractivity contribution in [2.75, 3.05) is 0 Å². The van der Waals surface area contributed by atoms with E-state index >= 15 is 0 Å². The van der Waals surface area contributed by atoms with Crippen LogP contribution in [0.3, 0.4) is 0 Å². The number of hydrogen-bond donors (Lipinski definition) is 1. The molecule has 1 aromatic carbocycles. The summed E-state index contributed by atoms with van der Waals surface area (Å²) < 4.78 is 13.4. The second kappa shape index (κ2) is 6.68. The van der Waals surface area contributed by atoms with Gasteiger partial charge < -0.3 is 5.73 Å². The van der Waals surface area contributed by atoms with Gasteiger partial charge >= 0.3 is 0 Å². The van der Waals surface area contributed by atoms with Crippen LogP contribution in [0.25, 0.3) is 0 Å². The molecule has 0 aliphatic rings. The predicted molar refractivity (Wildman–Crippen MR) is 76.7 cm³/mol. The molecule has 1 aromatic heterocycles. The first-order valence-electron chi connectivity index (χ1n) is 6.31. The van der Waals surface area contributed by atoms with Gasteiger partial charge in [0.1, 0.15) is 5.82 Å². The average molecular weight is 276 g/mol. The van der Waals surface area contributed by atoms with Crippen molar-refractivity contribution in [1.82, 2.24) is 4.98 Å². The van der Waals surface area contributed by atoms with Gasteiger partial charge in [0.15, 0.2) is 0 Å². The van der Waals surface area contributed by atoms with Gasteiger partial charge in [0.2, 0.25) is 0 Å². The van der Waals surface area contributed by atoms with Crippen LogP contribution in [-0.2, 0) is 6.42 Å². The van der Waals surface area contributed by atoms with Crippen molar-refractivity contribution in [2.45, 2.75) is 35.6 Å². The lowest BCUT2D eigenvalue weighted by molar-refractivity contribution is 0.610. The number of nitrogens with zero attached hydrogens (tertiary/aromatic N) is 1. The molecule has 0 spiro atoms. The molecule has 0 bridgehead atoms.